The first-order chi connectivity index (χ1) is 10.3. The molecule has 0 saturated carbocycles. The summed E-state index contributed by atoms with van der Waals surface area (Å²) in [5, 5.41) is 12.7. The Kier molecular flexibility index (Phi) is 4.22. The fourth-order valence-electron chi connectivity index (χ4n) is 4.39. The summed E-state index contributed by atoms with van der Waals surface area (Å²) >= 11 is 0. The Balaban J connectivity index is 1.83. The van der Waals surface area contributed by atoms with Crippen molar-refractivity contribution < 1.29 is 14.6 Å². The number of carboxylic acid groups (broad SMARTS) is 1. The van der Waals surface area contributed by atoms with Crippen LogP contribution in [0.5, 0.6) is 0 Å². The predicted octanol–water partition coefficient (Wildman–Crippen LogP) is 0.926. The van der Waals surface area contributed by atoms with Gasteiger partial charge in [-0.2, -0.15) is 0 Å². The van der Waals surface area contributed by atoms with Crippen LogP contribution in [0.1, 0.15) is 40.0 Å². The molecule has 0 aromatic rings. The van der Waals surface area contributed by atoms with Crippen molar-refractivity contribution in [3.8, 4) is 0 Å². The summed E-state index contributed by atoms with van der Waals surface area (Å²) in [6.45, 7) is 8.51. The topological polar surface area (TPSA) is 65.0 Å². The smallest absolute Gasteiger partial charge is 0.320 e. The number of aliphatic carboxylic acids is 1. The first-order valence-corrected chi connectivity index (χ1v) is 8.37. The number of nitrogens with zero attached hydrogens (tertiary/aromatic N) is 2. The number of ether oxygens (including phenoxy) is 1. The Labute approximate surface area is 132 Å². The van der Waals surface area contributed by atoms with Crippen LogP contribution in [0.15, 0.2) is 0 Å². The SMILES string of the molecule is CN1C2CCC(C(=O)O)NC2N(C[C@@H]2CCO2)C1C(C)(C)C. The highest BCUT2D eigenvalue weighted by Crippen LogP contribution is 2.39. The molecular weight excluding hydrogens is 282 g/mol. The van der Waals surface area contributed by atoms with E-state index >= 15 is 0 Å². The largest absolute Gasteiger partial charge is 0.480 e. The lowest BCUT2D eigenvalue weighted by Gasteiger charge is -2.43. The molecule has 0 aliphatic carbocycles. The number of carbonyl (C=O) groups is 1. The molecule has 5 atom stereocenters. The van der Waals surface area contributed by atoms with Crippen LogP contribution in [-0.2, 0) is 9.53 Å². The maximum atomic E-state index is 11.4. The summed E-state index contributed by atoms with van der Waals surface area (Å²) in [6.07, 6.45) is 3.44. The lowest BCUT2D eigenvalue weighted by atomic mass is 9.90. The van der Waals surface area contributed by atoms with E-state index in [9.17, 15) is 9.90 Å². The average molecular weight is 311 g/mol. The Morgan fingerprint density at radius 1 is 1.32 bits per heavy atom. The van der Waals surface area contributed by atoms with Gasteiger partial charge in [-0.15, -0.1) is 0 Å². The van der Waals surface area contributed by atoms with Crippen molar-refractivity contribution in [3.63, 3.8) is 0 Å². The van der Waals surface area contributed by atoms with Crippen LogP contribution < -0.4 is 5.32 Å². The molecular formula is C16H29N3O3. The van der Waals surface area contributed by atoms with Gasteiger partial charge >= 0.3 is 5.97 Å². The highest BCUT2D eigenvalue weighted by Gasteiger charge is 2.52. The molecule has 4 unspecified atom stereocenters. The van der Waals surface area contributed by atoms with E-state index in [0.29, 0.717) is 24.7 Å². The molecule has 3 aliphatic rings. The van der Waals surface area contributed by atoms with E-state index in [2.05, 4.69) is 42.9 Å². The summed E-state index contributed by atoms with van der Waals surface area (Å²) in [4.78, 5) is 16.3. The van der Waals surface area contributed by atoms with E-state index < -0.39 is 12.0 Å². The fraction of sp³-hybridized carbons (Fsp3) is 0.938. The van der Waals surface area contributed by atoms with Gasteiger partial charge < -0.3 is 9.84 Å². The lowest BCUT2D eigenvalue weighted by Crippen LogP contribution is -2.60. The van der Waals surface area contributed by atoms with Crippen LogP contribution in [0.3, 0.4) is 0 Å². The van der Waals surface area contributed by atoms with E-state index in [1.807, 2.05) is 0 Å². The molecule has 3 rings (SSSR count). The number of rotatable bonds is 3. The van der Waals surface area contributed by atoms with Gasteiger partial charge in [0.05, 0.1) is 18.4 Å². The second-order valence-corrected chi connectivity index (χ2v) is 8.03. The maximum Gasteiger partial charge on any atom is 0.320 e. The van der Waals surface area contributed by atoms with Gasteiger partial charge in [-0.05, 0) is 31.7 Å². The number of piperidine rings is 1. The Hall–Kier alpha value is -0.690. The number of hydrogen-bond acceptors (Lipinski definition) is 5. The van der Waals surface area contributed by atoms with Crippen LogP contribution in [0.4, 0.5) is 0 Å². The van der Waals surface area contributed by atoms with Crippen LogP contribution in [0, 0.1) is 5.41 Å². The molecule has 22 heavy (non-hydrogen) atoms. The monoisotopic (exact) mass is 311 g/mol. The normalized spacial score (nSPS) is 40.3. The quantitative estimate of drug-likeness (QED) is 0.808. The summed E-state index contributed by atoms with van der Waals surface area (Å²) in [5.74, 6) is -0.736. The van der Waals surface area contributed by atoms with Crippen molar-refractivity contribution in [2.24, 2.45) is 5.41 Å². The molecule has 0 aromatic heterocycles. The molecule has 0 spiro atoms. The second kappa shape index (κ2) is 5.74. The van der Waals surface area contributed by atoms with Gasteiger partial charge in [-0.25, -0.2) is 0 Å². The molecule has 2 N–H and O–H groups in total. The fourth-order valence-corrected chi connectivity index (χ4v) is 4.39. The minimum absolute atomic E-state index is 0.105. The van der Waals surface area contributed by atoms with Gasteiger partial charge in [0.1, 0.15) is 6.04 Å². The zero-order chi connectivity index (χ0) is 16.1. The molecule has 0 bridgehead atoms. The average Bonchev–Trinajstić information content (AvgIpc) is 2.66. The van der Waals surface area contributed by atoms with Crippen LogP contribution in [0.25, 0.3) is 0 Å². The standard InChI is InChI=1S/C16H29N3O3/c1-16(2,3)15-18(4)12-6-5-11(14(20)21)17-13(12)19(15)9-10-7-8-22-10/h10-13,15,17H,5-9H2,1-4H3,(H,20,21)/t10-,11?,12?,13?,15?/m0/s1. The molecule has 3 saturated heterocycles. The number of nitrogens with one attached hydrogen (secondary N) is 1. The summed E-state index contributed by atoms with van der Waals surface area (Å²) in [6, 6.07) is -0.0573. The molecule has 0 radical (unpaired) electrons. The minimum Gasteiger partial charge on any atom is -0.480 e. The van der Waals surface area contributed by atoms with Gasteiger partial charge in [-0.1, -0.05) is 20.8 Å². The molecule has 3 fully saturated rings. The maximum absolute atomic E-state index is 11.4. The predicted molar refractivity (Wildman–Crippen MR) is 83.4 cm³/mol. The number of hydrogen-bond donors (Lipinski definition) is 2. The molecule has 0 amide bonds. The van der Waals surface area contributed by atoms with Crippen molar-refractivity contribution in [3.05, 3.63) is 0 Å². The van der Waals surface area contributed by atoms with Gasteiger partial charge in [0, 0.05) is 19.2 Å². The van der Waals surface area contributed by atoms with E-state index in [4.69, 9.17) is 4.74 Å². The van der Waals surface area contributed by atoms with E-state index in [0.717, 1.165) is 26.0 Å². The molecule has 6 heteroatoms. The third-order valence-electron chi connectivity index (χ3n) is 5.35. The first kappa shape index (κ1) is 16.2. The summed E-state index contributed by atoms with van der Waals surface area (Å²) in [7, 11) is 2.18. The first-order valence-electron chi connectivity index (χ1n) is 8.37. The molecule has 0 aromatic carbocycles. The third-order valence-corrected chi connectivity index (χ3v) is 5.35. The van der Waals surface area contributed by atoms with E-state index in [-0.39, 0.29) is 11.6 Å². The zero-order valence-electron chi connectivity index (χ0n) is 14.1. The Morgan fingerprint density at radius 3 is 2.50 bits per heavy atom. The number of fused-ring (bicyclic) bond motifs is 1. The van der Waals surface area contributed by atoms with Crippen molar-refractivity contribution in [2.75, 3.05) is 20.2 Å². The van der Waals surface area contributed by atoms with Gasteiger partial charge in [-0.3, -0.25) is 19.9 Å². The lowest BCUT2D eigenvalue weighted by molar-refractivity contribution is -0.141. The number of likely N-dealkylation sites (N-methyl/N-ethyl adjacent to an activating group) is 1. The summed E-state index contributed by atoms with van der Waals surface area (Å²) in [5.41, 5.74) is 0.107. The second-order valence-electron chi connectivity index (χ2n) is 8.03. The third kappa shape index (κ3) is 2.77. The van der Waals surface area contributed by atoms with Crippen molar-refractivity contribution in [2.45, 2.75) is 70.6 Å². The van der Waals surface area contributed by atoms with Crippen molar-refractivity contribution >= 4 is 5.97 Å². The van der Waals surface area contributed by atoms with E-state index in [1.54, 1.807) is 0 Å². The highest BCUT2D eigenvalue weighted by molar-refractivity contribution is 5.73. The van der Waals surface area contributed by atoms with Crippen molar-refractivity contribution in [1.29, 1.82) is 0 Å². The highest BCUT2D eigenvalue weighted by atomic mass is 16.5. The van der Waals surface area contributed by atoms with Crippen LogP contribution in [-0.4, -0.2) is 71.6 Å². The van der Waals surface area contributed by atoms with Crippen molar-refractivity contribution in [1.82, 2.24) is 15.1 Å². The van der Waals surface area contributed by atoms with Crippen LogP contribution in [0.2, 0.25) is 0 Å². The van der Waals surface area contributed by atoms with Gasteiger partial charge in [0.25, 0.3) is 0 Å². The Morgan fingerprint density at radius 2 is 2.00 bits per heavy atom. The van der Waals surface area contributed by atoms with Gasteiger partial charge in [0.2, 0.25) is 0 Å². The molecule has 126 valence electrons. The molecule has 6 nitrogen and oxygen atoms in total. The van der Waals surface area contributed by atoms with E-state index in [1.165, 1.54) is 0 Å². The van der Waals surface area contributed by atoms with Gasteiger partial charge in [0.15, 0.2) is 0 Å². The van der Waals surface area contributed by atoms with Crippen LogP contribution >= 0.6 is 0 Å². The minimum atomic E-state index is -0.736. The Bertz CT molecular complexity index is 433. The molecule has 3 aliphatic heterocycles. The zero-order valence-corrected chi connectivity index (χ0v) is 14.1. The molecule has 3 heterocycles. The summed E-state index contributed by atoms with van der Waals surface area (Å²) < 4.78 is 5.64. The number of carboxylic acids is 1.